The van der Waals surface area contributed by atoms with Crippen LogP contribution in [0.5, 0.6) is 0 Å². The lowest BCUT2D eigenvalue weighted by Crippen LogP contribution is -2.42. The zero-order valence-electron chi connectivity index (χ0n) is 9.55. The van der Waals surface area contributed by atoms with Gasteiger partial charge in [-0.25, -0.2) is 4.98 Å². The van der Waals surface area contributed by atoms with Gasteiger partial charge in [0.15, 0.2) is 0 Å². The molecule has 0 aromatic carbocycles. The van der Waals surface area contributed by atoms with E-state index in [1.54, 1.807) is 17.3 Å². The number of rotatable bonds is 2. The molecule has 1 fully saturated rings. The lowest BCUT2D eigenvalue weighted by Gasteiger charge is -2.30. The summed E-state index contributed by atoms with van der Waals surface area (Å²) in [6.07, 6.45) is 1.40. The molecular formula is C11H14N2O3S. The molecule has 5 nitrogen and oxygen atoms in total. The van der Waals surface area contributed by atoms with Gasteiger partial charge < -0.3 is 10.0 Å². The van der Waals surface area contributed by atoms with Crippen molar-refractivity contribution in [1.82, 2.24) is 9.88 Å². The highest BCUT2D eigenvalue weighted by Gasteiger charge is 2.29. The van der Waals surface area contributed by atoms with E-state index in [1.807, 2.05) is 0 Å². The number of likely N-dealkylation sites (tertiary alicyclic amines) is 1. The Labute approximate surface area is 103 Å². The summed E-state index contributed by atoms with van der Waals surface area (Å²) in [7, 11) is 0. The molecule has 0 saturated carbocycles. The highest BCUT2D eigenvalue weighted by atomic mass is 32.1. The van der Waals surface area contributed by atoms with Crippen LogP contribution in [0.3, 0.4) is 0 Å². The number of aliphatic carboxylic acids is 1. The number of carboxylic acids is 1. The fraction of sp³-hybridized carbons (Fsp3) is 0.545. The summed E-state index contributed by atoms with van der Waals surface area (Å²) in [5, 5.41) is 8.98. The van der Waals surface area contributed by atoms with Gasteiger partial charge >= 0.3 is 5.97 Å². The van der Waals surface area contributed by atoms with Gasteiger partial charge in [0.05, 0.1) is 17.1 Å². The van der Waals surface area contributed by atoms with E-state index in [-0.39, 0.29) is 5.91 Å². The van der Waals surface area contributed by atoms with Crippen LogP contribution < -0.4 is 0 Å². The normalized spacial score (nSPS) is 20.3. The molecule has 0 aliphatic carbocycles. The molecule has 2 heterocycles. The van der Waals surface area contributed by atoms with Crippen LogP contribution in [0.15, 0.2) is 5.51 Å². The number of hydrogen-bond acceptors (Lipinski definition) is 4. The van der Waals surface area contributed by atoms with Crippen LogP contribution in [0.25, 0.3) is 0 Å². The Hall–Kier alpha value is -1.43. The molecule has 1 aromatic rings. The number of carbonyl (C=O) groups is 2. The maximum Gasteiger partial charge on any atom is 0.308 e. The number of aromatic nitrogens is 1. The average Bonchev–Trinajstić information content (AvgIpc) is 2.74. The fourth-order valence-corrected chi connectivity index (χ4v) is 2.78. The average molecular weight is 254 g/mol. The van der Waals surface area contributed by atoms with Gasteiger partial charge in [-0.1, -0.05) is 0 Å². The Kier molecular flexibility index (Phi) is 3.42. The van der Waals surface area contributed by atoms with Crippen molar-refractivity contribution in [2.24, 2.45) is 5.92 Å². The molecule has 1 aliphatic rings. The van der Waals surface area contributed by atoms with Gasteiger partial charge in [0.25, 0.3) is 5.91 Å². The Balaban J connectivity index is 2.10. The van der Waals surface area contributed by atoms with Gasteiger partial charge in [0.1, 0.15) is 4.88 Å². The summed E-state index contributed by atoms with van der Waals surface area (Å²) in [4.78, 5) is 29.4. The number of nitrogens with zero attached hydrogens (tertiary/aromatic N) is 2. The van der Waals surface area contributed by atoms with E-state index in [2.05, 4.69) is 4.98 Å². The monoisotopic (exact) mass is 254 g/mol. The number of aryl methyl sites for hydroxylation is 1. The molecule has 6 heteroatoms. The summed E-state index contributed by atoms with van der Waals surface area (Å²) in [6.45, 7) is 2.74. The van der Waals surface area contributed by atoms with Crippen molar-refractivity contribution in [2.75, 3.05) is 13.1 Å². The van der Waals surface area contributed by atoms with Crippen LogP contribution in [0, 0.1) is 12.8 Å². The van der Waals surface area contributed by atoms with Crippen molar-refractivity contribution in [2.45, 2.75) is 19.8 Å². The SMILES string of the molecule is Cc1ncsc1C(=O)N1CCC[C@@H](C(=O)O)C1. The van der Waals surface area contributed by atoms with Crippen LogP contribution in [-0.4, -0.2) is 40.0 Å². The first-order valence-electron chi connectivity index (χ1n) is 5.51. The van der Waals surface area contributed by atoms with Crippen molar-refractivity contribution in [3.8, 4) is 0 Å². The van der Waals surface area contributed by atoms with Gasteiger partial charge in [0.2, 0.25) is 0 Å². The first-order valence-corrected chi connectivity index (χ1v) is 6.39. The quantitative estimate of drug-likeness (QED) is 0.865. The van der Waals surface area contributed by atoms with Gasteiger partial charge in [-0.15, -0.1) is 11.3 Å². The molecular weight excluding hydrogens is 240 g/mol. The first kappa shape index (κ1) is 12.0. The number of carbonyl (C=O) groups excluding carboxylic acids is 1. The zero-order valence-corrected chi connectivity index (χ0v) is 10.4. The van der Waals surface area contributed by atoms with Crippen LogP contribution in [0.2, 0.25) is 0 Å². The lowest BCUT2D eigenvalue weighted by atomic mass is 9.98. The minimum Gasteiger partial charge on any atom is -0.481 e. The topological polar surface area (TPSA) is 70.5 Å². The predicted molar refractivity (Wildman–Crippen MR) is 63.1 cm³/mol. The third-order valence-corrected chi connectivity index (χ3v) is 3.91. The smallest absolute Gasteiger partial charge is 0.308 e. The minimum atomic E-state index is -0.816. The van der Waals surface area contributed by atoms with E-state index >= 15 is 0 Å². The van der Waals surface area contributed by atoms with Crippen molar-refractivity contribution < 1.29 is 14.7 Å². The third-order valence-electron chi connectivity index (χ3n) is 3.00. The summed E-state index contributed by atoms with van der Waals surface area (Å²) in [6, 6.07) is 0. The second kappa shape index (κ2) is 4.83. The summed E-state index contributed by atoms with van der Waals surface area (Å²) >= 11 is 1.31. The molecule has 1 atom stereocenters. The van der Waals surface area contributed by atoms with Gasteiger partial charge in [-0.05, 0) is 19.8 Å². The predicted octanol–water partition coefficient (Wildman–Crippen LogP) is 1.39. The van der Waals surface area contributed by atoms with Crippen LogP contribution in [-0.2, 0) is 4.79 Å². The van der Waals surface area contributed by atoms with E-state index in [4.69, 9.17) is 5.11 Å². The van der Waals surface area contributed by atoms with Crippen molar-refractivity contribution in [3.63, 3.8) is 0 Å². The van der Waals surface area contributed by atoms with Crippen molar-refractivity contribution in [3.05, 3.63) is 16.1 Å². The van der Waals surface area contributed by atoms with Gasteiger partial charge in [0, 0.05) is 13.1 Å². The van der Waals surface area contributed by atoms with E-state index < -0.39 is 11.9 Å². The van der Waals surface area contributed by atoms with Crippen molar-refractivity contribution >= 4 is 23.2 Å². The van der Waals surface area contributed by atoms with Crippen molar-refractivity contribution in [1.29, 1.82) is 0 Å². The van der Waals surface area contributed by atoms with E-state index in [9.17, 15) is 9.59 Å². The van der Waals surface area contributed by atoms with E-state index in [0.717, 1.165) is 12.1 Å². The fourth-order valence-electron chi connectivity index (χ4n) is 2.01. The second-order valence-electron chi connectivity index (χ2n) is 4.20. The molecule has 0 spiro atoms. The van der Waals surface area contributed by atoms with Gasteiger partial charge in [-0.3, -0.25) is 9.59 Å². The molecule has 1 saturated heterocycles. The molecule has 2 rings (SSSR count). The zero-order chi connectivity index (χ0) is 12.4. The number of piperidine rings is 1. The van der Waals surface area contributed by atoms with E-state index in [1.165, 1.54) is 11.3 Å². The molecule has 1 aliphatic heterocycles. The summed E-state index contributed by atoms with van der Waals surface area (Å²) < 4.78 is 0. The molecule has 92 valence electrons. The summed E-state index contributed by atoms with van der Waals surface area (Å²) in [5.74, 6) is -1.33. The third kappa shape index (κ3) is 2.46. The lowest BCUT2D eigenvalue weighted by molar-refractivity contribution is -0.143. The molecule has 17 heavy (non-hydrogen) atoms. The molecule has 0 radical (unpaired) electrons. The Bertz CT molecular complexity index is 444. The number of hydrogen-bond donors (Lipinski definition) is 1. The maximum absolute atomic E-state index is 12.2. The standard InChI is InChI=1S/C11H14N2O3S/c1-7-9(17-6-12-7)10(14)13-4-2-3-8(5-13)11(15)16/h6,8H,2-5H2,1H3,(H,15,16)/t8-/m1/s1. The molecule has 0 unspecified atom stereocenters. The Morgan fingerprint density at radius 2 is 2.35 bits per heavy atom. The molecule has 1 amide bonds. The summed E-state index contributed by atoms with van der Waals surface area (Å²) in [5.41, 5.74) is 2.36. The van der Waals surface area contributed by atoms with Crippen LogP contribution in [0.1, 0.15) is 28.2 Å². The van der Waals surface area contributed by atoms with Crippen LogP contribution in [0.4, 0.5) is 0 Å². The molecule has 1 aromatic heterocycles. The molecule has 1 N–H and O–H groups in total. The van der Waals surface area contributed by atoms with Gasteiger partial charge in [-0.2, -0.15) is 0 Å². The minimum absolute atomic E-state index is 0.0871. The highest BCUT2D eigenvalue weighted by molar-refractivity contribution is 7.11. The molecule has 0 bridgehead atoms. The number of thiazole rings is 1. The second-order valence-corrected chi connectivity index (χ2v) is 5.05. The highest BCUT2D eigenvalue weighted by Crippen LogP contribution is 2.21. The number of amides is 1. The first-order chi connectivity index (χ1) is 8.09. The Morgan fingerprint density at radius 1 is 1.59 bits per heavy atom. The van der Waals surface area contributed by atoms with E-state index in [0.29, 0.717) is 24.4 Å². The number of carboxylic acid groups (broad SMARTS) is 1. The largest absolute Gasteiger partial charge is 0.481 e. The Morgan fingerprint density at radius 3 is 2.94 bits per heavy atom. The van der Waals surface area contributed by atoms with Crippen LogP contribution >= 0.6 is 11.3 Å². The maximum atomic E-state index is 12.2.